The summed E-state index contributed by atoms with van der Waals surface area (Å²) in [5.74, 6) is -10.4. The third-order valence-electron chi connectivity index (χ3n) is 3.06. The molecule has 1 rings (SSSR count). The minimum absolute atomic E-state index is 0.598. The van der Waals surface area contributed by atoms with E-state index in [1.807, 2.05) is 0 Å². The number of Topliss-reactive ketones (excluding diaryl/α,β-unsaturated/α-hetero) is 2. The number of carbonyl (C=O) groups is 3. The van der Waals surface area contributed by atoms with Crippen molar-refractivity contribution in [3.05, 3.63) is 33.6 Å². The molecule has 1 atom stereocenters. The predicted molar refractivity (Wildman–Crippen MR) is 80.4 cm³/mol. The van der Waals surface area contributed by atoms with Crippen molar-refractivity contribution in [1.29, 1.82) is 0 Å². The Labute approximate surface area is 141 Å². The Kier molecular flexibility index (Phi) is 5.82. The first-order valence-electron chi connectivity index (χ1n) is 6.89. The highest BCUT2D eigenvalue weighted by atomic mass is 35.5. The Balaban J connectivity index is 3.48. The first-order valence-corrected chi connectivity index (χ1v) is 7.27. The van der Waals surface area contributed by atoms with E-state index in [1.54, 1.807) is 0 Å². The molecule has 132 valence electrons. The lowest BCUT2D eigenvalue weighted by atomic mass is 9.91. The van der Waals surface area contributed by atoms with Gasteiger partial charge in [0.25, 0.3) is 0 Å². The van der Waals surface area contributed by atoms with Crippen LogP contribution in [0.1, 0.15) is 43.6 Å². The molecule has 24 heavy (non-hydrogen) atoms. The highest BCUT2D eigenvalue weighted by Crippen LogP contribution is 2.30. The van der Waals surface area contributed by atoms with Gasteiger partial charge in [-0.25, -0.2) is 13.2 Å². The smallest absolute Gasteiger partial charge is 0.325 e. The maximum Gasteiger partial charge on any atom is 0.325 e. The lowest BCUT2D eigenvalue weighted by molar-refractivity contribution is -0.159. The van der Waals surface area contributed by atoms with E-state index in [1.165, 1.54) is 20.8 Å². The average Bonchev–Trinajstić information content (AvgIpc) is 2.41. The van der Waals surface area contributed by atoms with Gasteiger partial charge < -0.3 is 4.74 Å². The molecule has 0 N–H and O–H groups in total. The number of ether oxygens (including phenoxy) is 1. The molecule has 0 bridgehead atoms. The lowest BCUT2D eigenvalue weighted by Gasteiger charge is -2.23. The number of rotatable bonds is 4. The van der Waals surface area contributed by atoms with Crippen molar-refractivity contribution in [3.8, 4) is 0 Å². The van der Waals surface area contributed by atoms with E-state index in [0.717, 1.165) is 13.8 Å². The van der Waals surface area contributed by atoms with Crippen molar-refractivity contribution < 1.29 is 32.3 Å². The quantitative estimate of drug-likeness (QED) is 0.268. The van der Waals surface area contributed by atoms with Crippen LogP contribution in [-0.4, -0.2) is 23.1 Å². The van der Waals surface area contributed by atoms with Gasteiger partial charge in [0, 0.05) is 5.56 Å². The van der Waals surface area contributed by atoms with E-state index >= 15 is 0 Å². The molecule has 0 amide bonds. The van der Waals surface area contributed by atoms with Crippen LogP contribution in [0.5, 0.6) is 0 Å². The molecule has 1 unspecified atom stereocenters. The molecule has 0 spiro atoms. The zero-order chi connectivity index (χ0) is 19.0. The van der Waals surface area contributed by atoms with Crippen molar-refractivity contribution in [2.24, 2.45) is 5.92 Å². The highest BCUT2D eigenvalue weighted by molar-refractivity contribution is 6.31. The summed E-state index contributed by atoms with van der Waals surface area (Å²) >= 11 is 5.30. The topological polar surface area (TPSA) is 60.4 Å². The van der Waals surface area contributed by atoms with Crippen molar-refractivity contribution in [2.45, 2.75) is 40.2 Å². The fourth-order valence-corrected chi connectivity index (χ4v) is 2.22. The molecule has 0 aliphatic heterocycles. The normalized spacial score (nSPS) is 12.7. The van der Waals surface area contributed by atoms with Gasteiger partial charge in [-0.15, -0.1) is 0 Å². The summed E-state index contributed by atoms with van der Waals surface area (Å²) in [4.78, 5) is 36.2. The molecule has 0 aliphatic rings. The second-order valence-electron chi connectivity index (χ2n) is 6.20. The summed E-state index contributed by atoms with van der Waals surface area (Å²) in [7, 11) is 0. The van der Waals surface area contributed by atoms with Crippen LogP contribution in [0.15, 0.2) is 0 Å². The monoisotopic (exact) mass is 364 g/mol. The standard InChI is InChI=1S/C16H16ClF3O4/c1-6-8(12(19)13(20)10(17)11(6)18)14(22)9(7(2)21)15(23)24-16(3,4)5/h9H,1-5H3. The Morgan fingerprint density at radius 3 is 1.96 bits per heavy atom. The molecule has 0 saturated heterocycles. The second kappa shape index (κ2) is 6.93. The molecule has 0 heterocycles. The van der Waals surface area contributed by atoms with Crippen molar-refractivity contribution in [1.82, 2.24) is 0 Å². The van der Waals surface area contributed by atoms with Gasteiger partial charge in [0.05, 0.1) is 5.56 Å². The number of hydrogen-bond acceptors (Lipinski definition) is 4. The summed E-state index contributed by atoms with van der Waals surface area (Å²) in [5, 5.41) is -1.11. The van der Waals surface area contributed by atoms with Gasteiger partial charge in [0.1, 0.15) is 16.4 Å². The van der Waals surface area contributed by atoms with Gasteiger partial charge in [-0.3, -0.25) is 14.4 Å². The summed E-state index contributed by atoms with van der Waals surface area (Å²) in [6.07, 6.45) is 0. The average molecular weight is 365 g/mol. The molecule has 1 aromatic carbocycles. The maximum absolute atomic E-state index is 14.1. The fraction of sp³-hybridized carbons (Fsp3) is 0.438. The van der Waals surface area contributed by atoms with Crippen molar-refractivity contribution in [3.63, 3.8) is 0 Å². The molecule has 0 aromatic heterocycles. The molecule has 0 radical (unpaired) electrons. The minimum Gasteiger partial charge on any atom is -0.459 e. The van der Waals surface area contributed by atoms with Gasteiger partial charge in [0.15, 0.2) is 29.1 Å². The molecule has 4 nitrogen and oxygen atoms in total. The minimum atomic E-state index is -2.03. The summed E-state index contributed by atoms with van der Waals surface area (Å²) in [5.41, 5.74) is -2.66. The van der Waals surface area contributed by atoms with Crippen LogP contribution in [0, 0.1) is 30.3 Å². The summed E-state index contributed by atoms with van der Waals surface area (Å²) < 4.78 is 46.5. The van der Waals surface area contributed by atoms with E-state index in [9.17, 15) is 27.6 Å². The van der Waals surface area contributed by atoms with Gasteiger partial charge in [-0.05, 0) is 34.6 Å². The van der Waals surface area contributed by atoms with E-state index < -0.39 is 62.7 Å². The number of carbonyl (C=O) groups excluding carboxylic acids is 3. The maximum atomic E-state index is 14.1. The van der Waals surface area contributed by atoms with Crippen LogP contribution in [0.3, 0.4) is 0 Å². The summed E-state index contributed by atoms with van der Waals surface area (Å²) in [6.45, 7) is 6.41. The van der Waals surface area contributed by atoms with Crippen LogP contribution in [0.4, 0.5) is 13.2 Å². The number of esters is 1. The SMILES string of the molecule is CC(=O)C(C(=O)OC(C)(C)C)C(=O)c1c(C)c(F)c(Cl)c(F)c1F. The first kappa shape index (κ1) is 20.2. The number of ketones is 2. The van der Waals surface area contributed by atoms with E-state index in [0.29, 0.717) is 0 Å². The van der Waals surface area contributed by atoms with E-state index in [-0.39, 0.29) is 0 Å². The number of benzene rings is 1. The molecule has 1 aromatic rings. The van der Waals surface area contributed by atoms with Crippen LogP contribution in [-0.2, 0) is 14.3 Å². The van der Waals surface area contributed by atoms with Crippen LogP contribution in [0.2, 0.25) is 5.02 Å². The summed E-state index contributed by atoms with van der Waals surface area (Å²) in [6, 6.07) is 0. The second-order valence-corrected chi connectivity index (χ2v) is 6.58. The van der Waals surface area contributed by atoms with E-state index in [2.05, 4.69) is 0 Å². The van der Waals surface area contributed by atoms with Crippen LogP contribution >= 0.6 is 11.6 Å². The van der Waals surface area contributed by atoms with Gasteiger partial charge in [0.2, 0.25) is 0 Å². The fourth-order valence-electron chi connectivity index (χ4n) is 2.00. The van der Waals surface area contributed by atoms with Crippen LogP contribution in [0.25, 0.3) is 0 Å². The highest BCUT2D eigenvalue weighted by Gasteiger charge is 2.39. The zero-order valence-corrected chi connectivity index (χ0v) is 14.5. The van der Waals surface area contributed by atoms with E-state index in [4.69, 9.17) is 16.3 Å². The zero-order valence-electron chi connectivity index (χ0n) is 13.7. The molecule has 0 fully saturated rings. The third-order valence-corrected chi connectivity index (χ3v) is 3.39. The molecular formula is C16H16ClF3O4. The van der Waals surface area contributed by atoms with Crippen LogP contribution < -0.4 is 0 Å². The Morgan fingerprint density at radius 2 is 1.54 bits per heavy atom. The number of hydrogen-bond donors (Lipinski definition) is 0. The largest absolute Gasteiger partial charge is 0.459 e. The van der Waals surface area contributed by atoms with Crippen molar-refractivity contribution in [2.75, 3.05) is 0 Å². The van der Waals surface area contributed by atoms with Gasteiger partial charge in [-0.2, -0.15) is 0 Å². The first-order chi connectivity index (χ1) is 10.8. The lowest BCUT2D eigenvalue weighted by Crippen LogP contribution is -2.37. The number of halogens is 4. The van der Waals surface area contributed by atoms with Gasteiger partial charge >= 0.3 is 5.97 Å². The molecule has 0 saturated carbocycles. The van der Waals surface area contributed by atoms with Gasteiger partial charge in [-0.1, -0.05) is 11.6 Å². The molecular weight excluding hydrogens is 349 g/mol. The Bertz CT molecular complexity index is 694. The van der Waals surface area contributed by atoms with Crippen molar-refractivity contribution >= 4 is 29.1 Å². The third kappa shape index (κ3) is 3.95. The Hall–Kier alpha value is -1.89. The molecule has 8 heteroatoms. The predicted octanol–water partition coefficient (Wildman–Crippen LogP) is 3.80. The Morgan fingerprint density at radius 1 is 1.04 bits per heavy atom. The molecule has 0 aliphatic carbocycles.